The number of hydrogen-bond donors (Lipinski definition) is 2. The molecule has 1 aliphatic rings. The minimum absolute atomic E-state index is 0.169. The lowest BCUT2D eigenvalue weighted by Crippen LogP contribution is -2.53. The van der Waals surface area contributed by atoms with Crippen LogP contribution < -0.4 is 5.32 Å². The van der Waals surface area contributed by atoms with E-state index in [2.05, 4.69) is 17.4 Å². The number of nitrogens with zero attached hydrogens (tertiary/aromatic N) is 1. The molecule has 122 valence electrons. The summed E-state index contributed by atoms with van der Waals surface area (Å²) in [6, 6.07) is 10.5. The van der Waals surface area contributed by atoms with E-state index >= 15 is 0 Å². The van der Waals surface area contributed by atoms with Gasteiger partial charge in [0.2, 0.25) is 5.91 Å². The van der Waals surface area contributed by atoms with Gasteiger partial charge in [-0.3, -0.25) is 4.79 Å². The highest BCUT2D eigenvalue weighted by atomic mass is 16.3. The first-order chi connectivity index (χ1) is 10.6. The van der Waals surface area contributed by atoms with Crippen LogP contribution in [-0.4, -0.2) is 41.1 Å². The first-order valence-corrected chi connectivity index (χ1v) is 8.37. The molecule has 1 aromatic carbocycles. The van der Waals surface area contributed by atoms with E-state index in [4.69, 9.17) is 0 Å². The summed E-state index contributed by atoms with van der Waals surface area (Å²) in [5, 5.41) is 13.7. The Labute approximate surface area is 133 Å². The number of carbonyl (C=O) groups is 1. The van der Waals surface area contributed by atoms with Crippen LogP contribution in [0, 0.1) is 5.92 Å². The number of rotatable bonds is 6. The highest BCUT2D eigenvalue weighted by Gasteiger charge is 2.32. The van der Waals surface area contributed by atoms with Gasteiger partial charge in [0.25, 0.3) is 0 Å². The molecule has 1 amide bonds. The van der Waals surface area contributed by atoms with E-state index in [0.29, 0.717) is 13.0 Å². The predicted molar refractivity (Wildman–Crippen MR) is 88.3 cm³/mol. The van der Waals surface area contributed by atoms with Gasteiger partial charge in [-0.15, -0.1) is 0 Å². The van der Waals surface area contributed by atoms with E-state index in [-0.39, 0.29) is 24.0 Å². The van der Waals surface area contributed by atoms with Crippen molar-refractivity contribution in [1.82, 2.24) is 10.2 Å². The van der Waals surface area contributed by atoms with E-state index in [1.807, 2.05) is 36.9 Å². The number of likely N-dealkylation sites (tertiary alicyclic amines) is 1. The van der Waals surface area contributed by atoms with Gasteiger partial charge < -0.3 is 15.3 Å². The molecule has 0 bridgehead atoms. The summed E-state index contributed by atoms with van der Waals surface area (Å²) in [7, 11) is 0. The summed E-state index contributed by atoms with van der Waals surface area (Å²) in [6.45, 7) is 6.12. The Balaban J connectivity index is 1.97. The van der Waals surface area contributed by atoms with Crippen LogP contribution in [-0.2, 0) is 11.3 Å². The smallest absolute Gasteiger partial charge is 0.222 e. The molecule has 3 unspecified atom stereocenters. The maximum atomic E-state index is 12.1. The van der Waals surface area contributed by atoms with Crippen molar-refractivity contribution in [3.05, 3.63) is 35.9 Å². The SMILES string of the molecule is CCC(=O)N1CC(NCc2ccccc2)CC(C(O)CC)C1. The normalized spacial score (nSPS) is 23.3. The second-order valence-corrected chi connectivity index (χ2v) is 6.19. The van der Waals surface area contributed by atoms with Gasteiger partial charge in [0.15, 0.2) is 0 Å². The summed E-state index contributed by atoms with van der Waals surface area (Å²) < 4.78 is 0. The van der Waals surface area contributed by atoms with Crippen molar-refractivity contribution in [3.63, 3.8) is 0 Å². The van der Waals surface area contributed by atoms with E-state index < -0.39 is 0 Å². The second kappa shape index (κ2) is 8.30. The molecule has 2 rings (SSSR count). The van der Waals surface area contributed by atoms with Crippen molar-refractivity contribution >= 4 is 5.91 Å². The van der Waals surface area contributed by atoms with E-state index in [0.717, 1.165) is 25.9 Å². The molecule has 0 aromatic heterocycles. The summed E-state index contributed by atoms with van der Waals surface area (Å²) in [4.78, 5) is 14.0. The Morgan fingerprint density at radius 3 is 2.68 bits per heavy atom. The van der Waals surface area contributed by atoms with Crippen molar-refractivity contribution in [1.29, 1.82) is 0 Å². The van der Waals surface area contributed by atoms with Crippen LogP contribution >= 0.6 is 0 Å². The van der Waals surface area contributed by atoms with Crippen LogP contribution in [0.15, 0.2) is 30.3 Å². The quantitative estimate of drug-likeness (QED) is 0.847. The van der Waals surface area contributed by atoms with Crippen molar-refractivity contribution in [2.45, 2.75) is 51.8 Å². The lowest BCUT2D eigenvalue weighted by molar-refractivity contribution is -0.134. The number of amides is 1. The molecule has 2 N–H and O–H groups in total. The van der Waals surface area contributed by atoms with Crippen molar-refractivity contribution in [2.75, 3.05) is 13.1 Å². The van der Waals surface area contributed by atoms with E-state index in [1.54, 1.807) is 0 Å². The molecule has 4 nitrogen and oxygen atoms in total. The average Bonchev–Trinajstić information content (AvgIpc) is 2.59. The van der Waals surface area contributed by atoms with Crippen molar-refractivity contribution in [3.8, 4) is 0 Å². The van der Waals surface area contributed by atoms with Crippen LogP contribution in [0.1, 0.15) is 38.7 Å². The molecule has 0 saturated carbocycles. The van der Waals surface area contributed by atoms with Gasteiger partial charge in [-0.2, -0.15) is 0 Å². The Kier molecular flexibility index (Phi) is 6.40. The summed E-state index contributed by atoms with van der Waals surface area (Å²) in [5.74, 6) is 0.349. The van der Waals surface area contributed by atoms with Crippen molar-refractivity contribution < 1.29 is 9.90 Å². The Hall–Kier alpha value is -1.39. The third kappa shape index (κ3) is 4.55. The van der Waals surface area contributed by atoms with Crippen LogP contribution in [0.4, 0.5) is 0 Å². The second-order valence-electron chi connectivity index (χ2n) is 6.19. The molecular weight excluding hydrogens is 276 g/mol. The van der Waals surface area contributed by atoms with Crippen LogP contribution in [0.5, 0.6) is 0 Å². The molecular formula is C18H28N2O2. The molecule has 0 radical (unpaired) electrons. The summed E-state index contributed by atoms with van der Waals surface area (Å²) >= 11 is 0. The molecule has 1 aromatic rings. The minimum Gasteiger partial charge on any atom is -0.393 e. The van der Waals surface area contributed by atoms with Gasteiger partial charge in [-0.1, -0.05) is 44.2 Å². The lowest BCUT2D eigenvalue weighted by atomic mass is 9.88. The average molecular weight is 304 g/mol. The number of piperidine rings is 1. The van der Waals surface area contributed by atoms with Crippen LogP contribution in [0.3, 0.4) is 0 Å². The monoisotopic (exact) mass is 304 g/mol. The lowest BCUT2D eigenvalue weighted by Gasteiger charge is -2.40. The van der Waals surface area contributed by atoms with E-state index in [9.17, 15) is 9.90 Å². The largest absolute Gasteiger partial charge is 0.393 e. The summed E-state index contributed by atoms with van der Waals surface area (Å²) in [5.41, 5.74) is 1.24. The zero-order chi connectivity index (χ0) is 15.9. The molecule has 0 aliphatic carbocycles. The zero-order valence-electron chi connectivity index (χ0n) is 13.7. The number of carbonyl (C=O) groups excluding carboxylic acids is 1. The molecule has 3 atom stereocenters. The molecule has 4 heteroatoms. The number of aliphatic hydroxyl groups is 1. The van der Waals surface area contributed by atoms with Gasteiger partial charge in [0.05, 0.1) is 6.10 Å². The molecule has 1 heterocycles. The number of hydrogen-bond acceptors (Lipinski definition) is 3. The molecule has 0 spiro atoms. The third-order valence-corrected chi connectivity index (χ3v) is 4.54. The zero-order valence-corrected chi connectivity index (χ0v) is 13.7. The molecule has 1 fully saturated rings. The maximum Gasteiger partial charge on any atom is 0.222 e. The molecule has 22 heavy (non-hydrogen) atoms. The maximum absolute atomic E-state index is 12.1. The van der Waals surface area contributed by atoms with Gasteiger partial charge in [-0.05, 0) is 18.4 Å². The minimum atomic E-state index is -0.325. The Bertz CT molecular complexity index is 463. The first-order valence-electron chi connectivity index (χ1n) is 8.37. The number of benzene rings is 1. The molecule has 1 saturated heterocycles. The van der Waals surface area contributed by atoms with E-state index in [1.165, 1.54) is 5.56 Å². The highest BCUT2D eigenvalue weighted by molar-refractivity contribution is 5.76. The molecule has 1 aliphatic heterocycles. The number of nitrogens with one attached hydrogen (secondary N) is 1. The van der Waals surface area contributed by atoms with Gasteiger partial charge in [0.1, 0.15) is 0 Å². The summed E-state index contributed by atoms with van der Waals surface area (Å²) in [6.07, 6.45) is 1.87. The predicted octanol–water partition coefficient (Wildman–Crippen LogP) is 2.17. The van der Waals surface area contributed by atoms with Gasteiger partial charge in [0, 0.05) is 38.0 Å². The standard InChI is InChI=1S/C18H28N2O2/c1-3-17(21)15-10-16(13-20(12-15)18(22)4-2)19-11-14-8-6-5-7-9-14/h5-9,15-17,19,21H,3-4,10-13H2,1-2H3. The third-order valence-electron chi connectivity index (χ3n) is 4.54. The van der Waals surface area contributed by atoms with Crippen LogP contribution in [0.25, 0.3) is 0 Å². The highest BCUT2D eigenvalue weighted by Crippen LogP contribution is 2.22. The topological polar surface area (TPSA) is 52.6 Å². The van der Waals surface area contributed by atoms with Crippen LogP contribution in [0.2, 0.25) is 0 Å². The van der Waals surface area contributed by atoms with Crippen molar-refractivity contribution in [2.24, 2.45) is 5.92 Å². The first kappa shape index (κ1) is 17.0. The fraction of sp³-hybridized carbons (Fsp3) is 0.611. The Morgan fingerprint density at radius 1 is 1.32 bits per heavy atom. The van der Waals surface area contributed by atoms with Gasteiger partial charge in [-0.25, -0.2) is 0 Å². The fourth-order valence-electron chi connectivity index (χ4n) is 3.18. The number of aliphatic hydroxyl groups excluding tert-OH is 1. The fourth-order valence-corrected chi connectivity index (χ4v) is 3.18. The van der Waals surface area contributed by atoms with Gasteiger partial charge >= 0.3 is 0 Å². The Morgan fingerprint density at radius 2 is 2.05 bits per heavy atom.